The van der Waals surface area contributed by atoms with Crippen LogP contribution in [0.25, 0.3) is 0 Å². The number of anilines is 2. The molecule has 0 saturated heterocycles. The molecule has 1 aromatic heterocycles. The molecule has 9 nitrogen and oxygen atoms in total. The fraction of sp³-hybridized carbons (Fsp3) is 0.471. The van der Waals surface area contributed by atoms with E-state index in [2.05, 4.69) is 36.1 Å². The maximum Gasteiger partial charge on any atom is 0.421 e. The third kappa shape index (κ3) is 7.05. The number of nitrogens with zero attached hydrogens (tertiary/aromatic N) is 4. The van der Waals surface area contributed by atoms with Crippen molar-refractivity contribution in [3.63, 3.8) is 0 Å². The lowest BCUT2D eigenvalue weighted by Gasteiger charge is -2.15. The van der Waals surface area contributed by atoms with Gasteiger partial charge in [0.1, 0.15) is 17.2 Å². The van der Waals surface area contributed by atoms with Gasteiger partial charge in [-0.25, -0.2) is 4.98 Å². The minimum atomic E-state index is -4.57. The molecule has 0 aromatic carbocycles. The van der Waals surface area contributed by atoms with E-state index in [0.29, 0.717) is 11.5 Å². The number of aromatic nitrogens is 2. The van der Waals surface area contributed by atoms with E-state index in [4.69, 9.17) is 11.1 Å². The van der Waals surface area contributed by atoms with Crippen LogP contribution in [-0.4, -0.2) is 46.9 Å². The number of alkyl halides is 3. The zero-order valence-corrected chi connectivity index (χ0v) is 16.1. The maximum atomic E-state index is 13.1. The van der Waals surface area contributed by atoms with Crippen LogP contribution in [0, 0.1) is 5.41 Å². The zero-order valence-electron chi connectivity index (χ0n) is 16.1. The maximum absolute atomic E-state index is 13.1. The van der Waals surface area contributed by atoms with Crippen LogP contribution >= 0.6 is 0 Å². The molecule has 158 valence electrons. The summed E-state index contributed by atoms with van der Waals surface area (Å²) in [6.45, 7) is 3.71. The van der Waals surface area contributed by atoms with Crippen molar-refractivity contribution >= 4 is 30.0 Å². The molecule has 1 saturated carbocycles. The Balaban J connectivity index is 2.24. The first kappa shape index (κ1) is 22.1. The van der Waals surface area contributed by atoms with E-state index in [1.807, 2.05) is 0 Å². The predicted octanol–water partition coefficient (Wildman–Crippen LogP) is 2.36. The molecule has 1 aliphatic carbocycles. The van der Waals surface area contributed by atoms with Crippen molar-refractivity contribution in [3.05, 3.63) is 23.5 Å². The van der Waals surface area contributed by atoms with E-state index in [-0.39, 0.29) is 30.4 Å². The topological polar surface area (TPSA) is 136 Å². The van der Waals surface area contributed by atoms with Crippen LogP contribution < -0.4 is 21.8 Å². The van der Waals surface area contributed by atoms with E-state index in [1.54, 1.807) is 19.9 Å². The van der Waals surface area contributed by atoms with Crippen LogP contribution in [0.1, 0.15) is 32.3 Å². The summed E-state index contributed by atoms with van der Waals surface area (Å²) in [7, 11) is 0. The van der Waals surface area contributed by atoms with E-state index >= 15 is 0 Å². The Hall–Kier alpha value is -3.18. The first-order valence-electron chi connectivity index (χ1n) is 9.02. The smallest absolute Gasteiger partial charge is 0.400 e. The Morgan fingerprint density at radius 1 is 1.45 bits per heavy atom. The molecule has 0 unspecified atom stereocenters. The molecule has 0 bridgehead atoms. The van der Waals surface area contributed by atoms with Crippen LogP contribution in [-0.2, 0) is 6.18 Å². The number of aliphatic imine (C=N–C) groups is 1. The number of nitrogens with one attached hydrogen (secondary N) is 4. The molecule has 29 heavy (non-hydrogen) atoms. The highest BCUT2D eigenvalue weighted by Gasteiger charge is 2.35. The van der Waals surface area contributed by atoms with Gasteiger partial charge < -0.3 is 27.2 Å². The summed E-state index contributed by atoms with van der Waals surface area (Å²) in [5.41, 5.74) is 8.25. The van der Waals surface area contributed by atoms with Gasteiger partial charge in [-0.2, -0.15) is 23.3 Å². The number of hydrogen-bond donors (Lipinski definition) is 5. The predicted molar refractivity (Wildman–Crippen MR) is 107 cm³/mol. The fourth-order valence-electron chi connectivity index (χ4n) is 2.12. The van der Waals surface area contributed by atoms with Gasteiger partial charge in [0, 0.05) is 30.7 Å². The van der Waals surface area contributed by atoms with Gasteiger partial charge >= 0.3 is 6.18 Å². The van der Waals surface area contributed by atoms with Crippen LogP contribution in [0.5, 0.6) is 0 Å². The Bertz CT molecular complexity index is 798. The highest BCUT2D eigenvalue weighted by atomic mass is 19.4. The van der Waals surface area contributed by atoms with Gasteiger partial charge in [0.05, 0.1) is 18.3 Å². The molecule has 1 atom stereocenters. The fourth-order valence-corrected chi connectivity index (χ4v) is 2.12. The minimum Gasteiger partial charge on any atom is -0.400 e. The monoisotopic (exact) mass is 411 g/mol. The number of hydrazone groups is 1. The number of halogens is 3. The third-order valence-corrected chi connectivity index (χ3v) is 3.77. The first-order chi connectivity index (χ1) is 13.7. The van der Waals surface area contributed by atoms with Gasteiger partial charge in [-0.15, -0.1) is 0 Å². The number of hydrogen-bond acceptors (Lipinski definition) is 8. The molecular weight excluding hydrogens is 387 g/mol. The normalized spacial score (nSPS) is 16.6. The standard InChI is InChI=1S/C17H24F3N9/c1-3-23-15-12(17(18,19)20)9-24-16(28-15)27-14(26-11-4-5-11)8-13(22)10(2)29-25-7-6-21/h6-11,21,29H,3-5,22H2,1-2H3,(H2,23,24,26,27,28)/b13-8?,21-6?,25-7-/t10-/m1/s1. The molecular formula is C17H24F3N9. The lowest BCUT2D eigenvalue weighted by atomic mass is 10.2. The van der Waals surface area contributed by atoms with E-state index in [0.717, 1.165) is 25.3 Å². The Morgan fingerprint density at radius 2 is 2.17 bits per heavy atom. The van der Waals surface area contributed by atoms with Gasteiger partial charge in [0.2, 0.25) is 5.95 Å². The Labute approximate surface area is 166 Å². The van der Waals surface area contributed by atoms with Crippen molar-refractivity contribution in [3.8, 4) is 0 Å². The van der Waals surface area contributed by atoms with E-state index in [9.17, 15) is 13.2 Å². The molecule has 2 rings (SSSR count). The van der Waals surface area contributed by atoms with Gasteiger partial charge in [-0.1, -0.05) is 0 Å². The second-order valence-corrected chi connectivity index (χ2v) is 6.29. The van der Waals surface area contributed by atoms with Gasteiger partial charge in [-0.05, 0) is 26.7 Å². The van der Waals surface area contributed by atoms with Crippen molar-refractivity contribution in [1.82, 2.24) is 15.4 Å². The van der Waals surface area contributed by atoms with Crippen molar-refractivity contribution in [2.24, 2.45) is 15.8 Å². The minimum absolute atomic E-state index is 0.0279. The first-order valence-corrected chi connectivity index (χ1v) is 9.02. The van der Waals surface area contributed by atoms with Gasteiger partial charge in [-0.3, -0.25) is 4.99 Å². The van der Waals surface area contributed by atoms with Crippen molar-refractivity contribution in [2.45, 2.75) is 44.9 Å². The molecule has 0 radical (unpaired) electrons. The van der Waals surface area contributed by atoms with Crippen LogP contribution in [0.2, 0.25) is 0 Å². The van der Waals surface area contributed by atoms with Gasteiger partial charge in [0.25, 0.3) is 0 Å². The average molecular weight is 411 g/mol. The number of nitrogens with two attached hydrogens (primary N) is 1. The Kier molecular flexibility index (Phi) is 7.51. The van der Waals surface area contributed by atoms with Crippen LogP contribution in [0.3, 0.4) is 0 Å². The molecule has 1 aromatic rings. The molecule has 0 aliphatic heterocycles. The summed E-state index contributed by atoms with van der Waals surface area (Å²) in [5, 5.41) is 16.1. The van der Waals surface area contributed by atoms with Crippen LogP contribution in [0.15, 0.2) is 28.1 Å². The summed E-state index contributed by atoms with van der Waals surface area (Å²) in [6.07, 6.45) is 1.85. The lowest BCUT2D eigenvalue weighted by molar-refractivity contribution is -0.137. The van der Waals surface area contributed by atoms with Crippen molar-refractivity contribution in [2.75, 3.05) is 17.2 Å². The molecule has 0 amide bonds. The van der Waals surface area contributed by atoms with Gasteiger partial charge in [0.15, 0.2) is 0 Å². The lowest BCUT2D eigenvalue weighted by Crippen LogP contribution is -2.29. The summed E-state index contributed by atoms with van der Waals surface area (Å²) >= 11 is 0. The van der Waals surface area contributed by atoms with E-state index in [1.165, 1.54) is 6.21 Å². The van der Waals surface area contributed by atoms with Crippen molar-refractivity contribution in [1.29, 1.82) is 5.41 Å². The highest BCUT2D eigenvalue weighted by Crippen LogP contribution is 2.33. The summed E-state index contributed by atoms with van der Waals surface area (Å²) in [5.74, 6) is 0.00738. The number of rotatable bonds is 9. The summed E-state index contributed by atoms with van der Waals surface area (Å²) in [4.78, 5) is 12.2. The quantitative estimate of drug-likeness (QED) is 0.240. The number of amidine groups is 1. The Morgan fingerprint density at radius 3 is 2.76 bits per heavy atom. The summed E-state index contributed by atoms with van der Waals surface area (Å²) in [6, 6.07) is -0.230. The van der Waals surface area contributed by atoms with Crippen molar-refractivity contribution < 1.29 is 13.2 Å². The molecule has 1 aliphatic rings. The largest absolute Gasteiger partial charge is 0.421 e. The highest BCUT2D eigenvalue weighted by molar-refractivity contribution is 6.14. The van der Waals surface area contributed by atoms with Crippen LogP contribution in [0.4, 0.5) is 24.9 Å². The zero-order chi connectivity index (χ0) is 21.4. The molecule has 0 spiro atoms. The SMILES string of the molecule is CCNc1nc(NC(C=C(N)[C@@H](C)N/N=C\C=N)=NC2CC2)ncc1C(F)(F)F. The molecule has 1 fully saturated rings. The van der Waals surface area contributed by atoms with E-state index < -0.39 is 11.7 Å². The summed E-state index contributed by atoms with van der Waals surface area (Å²) < 4.78 is 39.3. The molecule has 6 N–H and O–H groups in total. The second-order valence-electron chi connectivity index (χ2n) is 6.29. The third-order valence-electron chi connectivity index (χ3n) is 3.77. The average Bonchev–Trinajstić information content (AvgIpc) is 3.45. The molecule has 1 heterocycles. The molecule has 12 heteroatoms. The second kappa shape index (κ2) is 9.85.